The number of fused-ring (bicyclic) bond motifs is 1. The lowest BCUT2D eigenvalue weighted by Crippen LogP contribution is -1.80. The zero-order chi connectivity index (χ0) is 6.97. The van der Waals surface area contributed by atoms with Crippen LogP contribution in [0.15, 0.2) is 24.3 Å². The van der Waals surface area contributed by atoms with E-state index in [0.29, 0.717) is 5.82 Å². The molecule has 1 heterocycles. The predicted octanol–water partition coefficient (Wildman–Crippen LogP) is 1.55. The first-order valence-electron chi connectivity index (χ1n) is 3.12. The lowest BCUT2D eigenvalue weighted by molar-refractivity contribution is 1.47. The van der Waals surface area contributed by atoms with Gasteiger partial charge in [-0.2, -0.15) is 0 Å². The van der Waals surface area contributed by atoms with E-state index in [9.17, 15) is 0 Å². The summed E-state index contributed by atoms with van der Waals surface area (Å²) < 4.78 is 0. The summed E-state index contributed by atoms with van der Waals surface area (Å²) in [6.07, 6.45) is 0. The van der Waals surface area contributed by atoms with Gasteiger partial charge in [0, 0.05) is 17.0 Å². The van der Waals surface area contributed by atoms with Gasteiger partial charge in [0.15, 0.2) is 0 Å². The molecular formula is C8H7N2. The molecule has 3 N–H and O–H groups in total. The van der Waals surface area contributed by atoms with Gasteiger partial charge >= 0.3 is 0 Å². The molecule has 0 unspecified atom stereocenters. The van der Waals surface area contributed by atoms with Crippen LogP contribution in [-0.4, -0.2) is 4.98 Å². The summed E-state index contributed by atoms with van der Waals surface area (Å²) >= 11 is 0. The summed E-state index contributed by atoms with van der Waals surface area (Å²) in [6, 6.07) is 10.9. The smallest absolute Gasteiger partial charge is 0.109 e. The number of aromatic amines is 1. The van der Waals surface area contributed by atoms with Crippen molar-refractivity contribution in [2.75, 3.05) is 5.73 Å². The number of aromatic nitrogens is 1. The molecule has 1 aromatic heterocycles. The van der Waals surface area contributed by atoms with Crippen LogP contribution < -0.4 is 5.73 Å². The molecule has 1 aromatic carbocycles. The lowest BCUT2D eigenvalue weighted by Gasteiger charge is -1.83. The Hall–Kier alpha value is -1.44. The second kappa shape index (κ2) is 1.77. The fourth-order valence-electron chi connectivity index (χ4n) is 1.02. The van der Waals surface area contributed by atoms with Crippen molar-refractivity contribution in [1.29, 1.82) is 0 Å². The van der Waals surface area contributed by atoms with Crippen molar-refractivity contribution in [3.05, 3.63) is 30.3 Å². The van der Waals surface area contributed by atoms with Crippen LogP contribution in [0.3, 0.4) is 0 Å². The van der Waals surface area contributed by atoms with Crippen LogP contribution in [-0.2, 0) is 0 Å². The molecule has 2 heteroatoms. The van der Waals surface area contributed by atoms with Crippen molar-refractivity contribution in [1.82, 2.24) is 4.98 Å². The van der Waals surface area contributed by atoms with Crippen molar-refractivity contribution in [3.63, 3.8) is 0 Å². The molecule has 1 radical (unpaired) electrons. The van der Waals surface area contributed by atoms with Crippen LogP contribution in [0.2, 0.25) is 0 Å². The number of benzene rings is 1. The molecule has 0 saturated carbocycles. The van der Waals surface area contributed by atoms with E-state index in [0.717, 1.165) is 10.9 Å². The molecule has 0 spiro atoms. The molecule has 2 rings (SSSR count). The SMILES string of the molecule is Nc1[c]c2ccccc2[nH]1. The van der Waals surface area contributed by atoms with Gasteiger partial charge in [-0.3, -0.25) is 0 Å². The maximum atomic E-state index is 5.48. The summed E-state index contributed by atoms with van der Waals surface area (Å²) in [5.41, 5.74) is 6.52. The number of nitrogens with one attached hydrogen (secondary N) is 1. The summed E-state index contributed by atoms with van der Waals surface area (Å²) in [7, 11) is 0. The molecule has 0 aliphatic carbocycles. The van der Waals surface area contributed by atoms with Crippen molar-refractivity contribution in [3.8, 4) is 0 Å². The number of nitrogen functional groups attached to an aromatic ring is 1. The lowest BCUT2D eigenvalue weighted by atomic mass is 10.3. The van der Waals surface area contributed by atoms with Crippen LogP contribution in [0.4, 0.5) is 5.82 Å². The van der Waals surface area contributed by atoms with E-state index in [1.54, 1.807) is 0 Å². The molecular weight excluding hydrogens is 124 g/mol. The predicted molar refractivity (Wildman–Crippen MR) is 41.5 cm³/mol. The van der Waals surface area contributed by atoms with Crippen molar-refractivity contribution in [2.24, 2.45) is 0 Å². The van der Waals surface area contributed by atoms with Gasteiger partial charge in [-0.15, -0.1) is 0 Å². The summed E-state index contributed by atoms with van der Waals surface area (Å²) in [4.78, 5) is 2.98. The molecule has 0 aliphatic heterocycles. The van der Waals surface area contributed by atoms with Crippen molar-refractivity contribution in [2.45, 2.75) is 0 Å². The number of H-pyrrole nitrogens is 1. The third-order valence-electron chi connectivity index (χ3n) is 1.47. The summed E-state index contributed by atoms with van der Waals surface area (Å²) in [5.74, 6) is 0.598. The standard InChI is InChI=1S/C8H7N2/c9-8-5-6-3-1-2-4-7(6)10-8/h1-4,10H,9H2. The van der Waals surface area contributed by atoms with Crippen molar-refractivity contribution < 1.29 is 0 Å². The monoisotopic (exact) mass is 131 g/mol. The highest BCUT2D eigenvalue weighted by Crippen LogP contribution is 2.13. The highest BCUT2D eigenvalue weighted by Gasteiger charge is 1.93. The second-order valence-corrected chi connectivity index (χ2v) is 2.21. The molecule has 10 heavy (non-hydrogen) atoms. The van der Waals surface area contributed by atoms with E-state index in [1.165, 1.54) is 0 Å². The van der Waals surface area contributed by atoms with Gasteiger partial charge in [0.2, 0.25) is 0 Å². The minimum Gasteiger partial charge on any atom is -0.385 e. The topological polar surface area (TPSA) is 41.8 Å². The highest BCUT2D eigenvalue weighted by molar-refractivity contribution is 5.82. The Morgan fingerprint density at radius 2 is 2.10 bits per heavy atom. The number of rotatable bonds is 0. The molecule has 0 fully saturated rings. The first-order chi connectivity index (χ1) is 4.86. The fraction of sp³-hybridized carbons (Fsp3) is 0. The summed E-state index contributed by atoms with van der Waals surface area (Å²) in [5, 5.41) is 1.04. The Bertz CT molecular complexity index is 316. The van der Waals surface area contributed by atoms with Crippen LogP contribution in [0.1, 0.15) is 0 Å². The first kappa shape index (κ1) is 5.35. The quantitative estimate of drug-likeness (QED) is 0.559. The first-order valence-corrected chi connectivity index (χ1v) is 3.12. The number of hydrogen-bond donors (Lipinski definition) is 2. The molecule has 0 atom stereocenters. The molecule has 0 amide bonds. The van der Waals surface area contributed by atoms with E-state index in [-0.39, 0.29) is 0 Å². The Morgan fingerprint density at radius 3 is 2.90 bits per heavy atom. The average molecular weight is 131 g/mol. The minimum atomic E-state index is 0.598. The molecule has 0 aliphatic rings. The number of hydrogen-bond acceptors (Lipinski definition) is 1. The zero-order valence-corrected chi connectivity index (χ0v) is 5.39. The molecule has 49 valence electrons. The van der Waals surface area contributed by atoms with E-state index < -0.39 is 0 Å². The van der Waals surface area contributed by atoms with Gasteiger partial charge in [0.25, 0.3) is 0 Å². The van der Waals surface area contributed by atoms with Gasteiger partial charge in [-0.25, -0.2) is 0 Å². The molecule has 2 aromatic rings. The van der Waals surface area contributed by atoms with E-state index in [4.69, 9.17) is 5.73 Å². The second-order valence-electron chi connectivity index (χ2n) is 2.21. The summed E-state index contributed by atoms with van der Waals surface area (Å²) in [6.45, 7) is 0. The van der Waals surface area contributed by atoms with Gasteiger partial charge in [-0.05, 0) is 6.07 Å². The Balaban J connectivity index is 2.88. The Labute approximate surface area is 58.7 Å². The highest BCUT2D eigenvalue weighted by atomic mass is 14.8. The fourth-order valence-corrected chi connectivity index (χ4v) is 1.02. The van der Waals surface area contributed by atoms with Crippen LogP contribution in [0.5, 0.6) is 0 Å². The molecule has 2 nitrogen and oxygen atoms in total. The third kappa shape index (κ3) is 0.658. The van der Waals surface area contributed by atoms with E-state index in [1.807, 2.05) is 24.3 Å². The van der Waals surface area contributed by atoms with Gasteiger partial charge in [0.1, 0.15) is 5.82 Å². The van der Waals surface area contributed by atoms with Gasteiger partial charge < -0.3 is 10.7 Å². The van der Waals surface area contributed by atoms with Crippen molar-refractivity contribution >= 4 is 16.7 Å². The Kier molecular flexibility index (Phi) is 0.947. The third-order valence-corrected chi connectivity index (χ3v) is 1.47. The van der Waals surface area contributed by atoms with Crippen LogP contribution >= 0.6 is 0 Å². The normalized spacial score (nSPS) is 10.4. The minimum absolute atomic E-state index is 0.598. The van der Waals surface area contributed by atoms with E-state index in [2.05, 4.69) is 11.1 Å². The largest absolute Gasteiger partial charge is 0.385 e. The van der Waals surface area contributed by atoms with Gasteiger partial charge in [-0.1, -0.05) is 18.2 Å². The van der Waals surface area contributed by atoms with Crippen LogP contribution in [0, 0.1) is 6.07 Å². The molecule has 0 bridgehead atoms. The maximum absolute atomic E-state index is 5.48. The zero-order valence-electron chi connectivity index (χ0n) is 5.39. The van der Waals surface area contributed by atoms with Crippen LogP contribution in [0.25, 0.3) is 10.9 Å². The Morgan fingerprint density at radius 1 is 1.30 bits per heavy atom. The maximum Gasteiger partial charge on any atom is 0.109 e. The number of para-hydroxylation sites is 1. The number of nitrogens with two attached hydrogens (primary N) is 1. The average Bonchev–Trinajstić information content (AvgIpc) is 2.27. The van der Waals surface area contributed by atoms with Gasteiger partial charge in [0.05, 0.1) is 0 Å². The molecule has 0 saturated heterocycles. The van der Waals surface area contributed by atoms with E-state index >= 15 is 0 Å². The number of anilines is 1.